The van der Waals surface area contributed by atoms with Crippen LogP contribution in [0.4, 0.5) is 0 Å². The molecule has 0 aliphatic carbocycles. The first kappa shape index (κ1) is 17.0. The zero-order valence-corrected chi connectivity index (χ0v) is 13.3. The SMILES string of the molecule is CSCCC(C)N(C)S(=O)(=O)c1cnn(CC(=O)O)c1. The number of carbonyl (C=O) groups is 1. The van der Waals surface area contributed by atoms with E-state index in [1.165, 1.54) is 23.7 Å². The number of sulfonamides is 1. The third kappa shape index (κ3) is 4.22. The minimum Gasteiger partial charge on any atom is -0.480 e. The molecule has 1 aromatic heterocycles. The highest BCUT2D eigenvalue weighted by Crippen LogP contribution is 2.18. The van der Waals surface area contributed by atoms with Crippen molar-refractivity contribution in [2.75, 3.05) is 19.1 Å². The zero-order valence-electron chi connectivity index (χ0n) is 11.7. The monoisotopic (exact) mass is 321 g/mol. The molecule has 0 saturated carbocycles. The summed E-state index contributed by atoms with van der Waals surface area (Å²) in [5.74, 6) is -0.196. The number of hydrogen-bond donors (Lipinski definition) is 1. The van der Waals surface area contributed by atoms with Crippen molar-refractivity contribution in [3.05, 3.63) is 12.4 Å². The molecule has 1 heterocycles. The average molecular weight is 321 g/mol. The Labute approximate surface area is 123 Å². The highest BCUT2D eigenvalue weighted by molar-refractivity contribution is 7.98. The van der Waals surface area contributed by atoms with E-state index in [0.29, 0.717) is 0 Å². The van der Waals surface area contributed by atoms with Crippen LogP contribution in [0.25, 0.3) is 0 Å². The minimum atomic E-state index is -3.64. The highest BCUT2D eigenvalue weighted by atomic mass is 32.2. The lowest BCUT2D eigenvalue weighted by atomic mass is 10.3. The van der Waals surface area contributed by atoms with Crippen molar-refractivity contribution in [3.63, 3.8) is 0 Å². The van der Waals surface area contributed by atoms with E-state index in [-0.39, 0.29) is 17.5 Å². The van der Waals surface area contributed by atoms with Gasteiger partial charge in [-0.2, -0.15) is 21.2 Å². The Hall–Kier alpha value is -1.06. The average Bonchev–Trinajstić information content (AvgIpc) is 2.83. The van der Waals surface area contributed by atoms with Gasteiger partial charge in [-0.15, -0.1) is 0 Å². The van der Waals surface area contributed by atoms with E-state index in [4.69, 9.17) is 5.11 Å². The molecule has 0 saturated heterocycles. The smallest absolute Gasteiger partial charge is 0.325 e. The first-order valence-corrected chi connectivity index (χ1v) is 8.83. The molecule has 1 N–H and O–H groups in total. The van der Waals surface area contributed by atoms with Gasteiger partial charge in [0.15, 0.2) is 0 Å². The summed E-state index contributed by atoms with van der Waals surface area (Å²) in [6, 6.07) is -0.129. The van der Waals surface area contributed by atoms with Gasteiger partial charge in [0.25, 0.3) is 0 Å². The quantitative estimate of drug-likeness (QED) is 0.759. The second-order valence-corrected chi connectivity index (χ2v) is 7.40. The number of aromatic nitrogens is 2. The van der Waals surface area contributed by atoms with E-state index >= 15 is 0 Å². The molecule has 0 fully saturated rings. The molecule has 0 spiro atoms. The third-order valence-electron chi connectivity index (χ3n) is 2.94. The van der Waals surface area contributed by atoms with Crippen molar-refractivity contribution in [3.8, 4) is 0 Å². The second-order valence-electron chi connectivity index (χ2n) is 4.42. The topological polar surface area (TPSA) is 92.5 Å². The Morgan fingerprint density at radius 2 is 2.25 bits per heavy atom. The number of thioether (sulfide) groups is 1. The molecule has 0 amide bonds. The van der Waals surface area contributed by atoms with Crippen LogP contribution in [0.1, 0.15) is 13.3 Å². The highest BCUT2D eigenvalue weighted by Gasteiger charge is 2.26. The first-order chi connectivity index (χ1) is 9.28. The molecule has 0 bridgehead atoms. The summed E-state index contributed by atoms with van der Waals surface area (Å²) in [4.78, 5) is 10.6. The van der Waals surface area contributed by atoms with Gasteiger partial charge in [0.1, 0.15) is 11.4 Å². The van der Waals surface area contributed by atoms with Gasteiger partial charge in [0, 0.05) is 19.3 Å². The largest absolute Gasteiger partial charge is 0.480 e. The molecule has 7 nitrogen and oxygen atoms in total. The lowest BCUT2D eigenvalue weighted by molar-refractivity contribution is -0.137. The molecule has 0 aromatic carbocycles. The number of carboxylic acid groups (broad SMARTS) is 1. The lowest BCUT2D eigenvalue weighted by Crippen LogP contribution is -2.35. The normalized spacial score (nSPS) is 13.6. The van der Waals surface area contributed by atoms with Crippen molar-refractivity contribution in [1.29, 1.82) is 0 Å². The Morgan fingerprint density at radius 3 is 2.80 bits per heavy atom. The number of carboxylic acids is 1. The molecular formula is C11H19N3O4S2. The van der Waals surface area contributed by atoms with Crippen LogP contribution in [0.2, 0.25) is 0 Å². The van der Waals surface area contributed by atoms with Gasteiger partial charge in [-0.1, -0.05) is 0 Å². The van der Waals surface area contributed by atoms with E-state index in [1.54, 1.807) is 11.8 Å². The Morgan fingerprint density at radius 1 is 1.60 bits per heavy atom. The number of nitrogens with zero attached hydrogens (tertiary/aromatic N) is 3. The fourth-order valence-electron chi connectivity index (χ4n) is 1.58. The van der Waals surface area contributed by atoms with Crippen LogP contribution in [0.15, 0.2) is 17.3 Å². The van der Waals surface area contributed by atoms with Crippen LogP contribution in [0.3, 0.4) is 0 Å². The molecule has 9 heteroatoms. The van der Waals surface area contributed by atoms with Crippen LogP contribution >= 0.6 is 11.8 Å². The number of hydrogen-bond acceptors (Lipinski definition) is 5. The number of aliphatic carboxylic acids is 1. The van der Waals surface area contributed by atoms with E-state index in [0.717, 1.165) is 16.9 Å². The van der Waals surface area contributed by atoms with E-state index in [1.807, 2.05) is 13.2 Å². The fourth-order valence-corrected chi connectivity index (χ4v) is 3.50. The summed E-state index contributed by atoms with van der Waals surface area (Å²) in [7, 11) is -2.11. The maximum absolute atomic E-state index is 12.4. The lowest BCUT2D eigenvalue weighted by Gasteiger charge is -2.23. The predicted octanol–water partition coefficient (Wildman–Crippen LogP) is 0.730. The summed E-state index contributed by atoms with van der Waals surface area (Å²) >= 11 is 1.66. The van der Waals surface area contributed by atoms with Crippen LogP contribution in [0, 0.1) is 0 Å². The third-order valence-corrected chi connectivity index (χ3v) is 5.51. The van der Waals surface area contributed by atoms with Crippen molar-refractivity contribution < 1.29 is 18.3 Å². The summed E-state index contributed by atoms with van der Waals surface area (Å²) < 4.78 is 27.1. The molecule has 1 rings (SSSR count). The predicted molar refractivity (Wildman–Crippen MR) is 77.3 cm³/mol. The van der Waals surface area contributed by atoms with Crippen molar-refractivity contribution >= 4 is 27.8 Å². The van der Waals surface area contributed by atoms with Crippen molar-refractivity contribution in [2.45, 2.75) is 30.8 Å². The molecule has 1 atom stereocenters. The van der Waals surface area contributed by atoms with E-state index in [2.05, 4.69) is 5.10 Å². The maximum atomic E-state index is 12.4. The van der Waals surface area contributed by atoms with Gasteiger partial charge in [0.05, 0.1) is 6.20 Å². The van der Waals surface area contributed by atoms with Gasteiger partial charge >= 0.3 is 5.97 Å². The number of rotatable bonds is 8. The van der Waals surface area contributed by atoms with Crippen LogP contribution < -0.4 is 0 Å². The summed E-state index contributed by atoms with van der Waals surface area (Å²) in [6.07, 6.45) is 5.13. The summed E-state index contributed by atoms with van der Waals surface area (Å²) in [6.45, 7) is 1.48. The molecule has 0 aliphatic heterocycles. The first-order valence-electron chi connectivity index (χ1n) is 6.00. The Balaban J connectivity index is 2.87. The molecular weight excluding hydrogens is 302 g/mol. The standard InChI is InChI=1S/C11H19N3O4S2/c1-9(4-5-19-3)13(2)20(17,18)10-6-12-14(7-10)8-11(15)16/h6-7,9H,4-5,8H2,1-3H3,(H,15,16). The van der Waals surface area contributed by atoms with E-state index < -0.39 is 16.0 Å². The van der Waals surface area contributed by atoms with Crippen LogP contribution in [0.5, 0.6) is 0 Å². The van der Waals surface area contributed by atoms with E-state index in [9.17, 15) is 13.2 Å². The maximum Gasteiger partial charge on any atom is 0.325 e. The fraction of sp³-hybridized carbons (Fsp3) is 0.636. The summed E-state index contributed by atoms with van der Waals surface area (Å²) in [5.41, 5.74) is 0. The molecule has 1 unspecified atom stereocenters. The zero-order chi connectivity index (χ0) is 15.3. The van der Waals surface area contributed by atoms with Crippen LogP contribution in [-0.2, 0) is 21.4 Å². The van der Waals surface area contributed by atoms with Crippen molar-refractivity contribution in [1.82, 2.24) is 14.1 Å². The van der Waals surface area contributed by atoms with Crippen molar-refractivity contribution in [2.24, 2.45) is 0 Å². The summed E-state index contributed by atoms with van der Waals surface area (Å²) in [5, 5.41) is 12.4. The molecule has 0 radical (unpaired) electrons. The molecule has 0 aliphatic rings. The van der Waals surface area contributed by atoms with Gasteiger partial charge in [-0.05, 0) is 25.4 Å². The Kier molecular flexibility index (Phi) is 6.03. The molecule has 1 aromatic rings. The molecule has 114 valence electrons. The second kappa shape index (κ2) is 7.09. The van der Waals surface area contributed by atoms with Gasteiger partial charge in [0.2, 0.25) is 10.0 Å². The van der Waals surface area contributed by atoms with Crippen LogP contribution in [-0.4, -0.2) is 58.7 Å². The van der Waals surface area contributed by atoms with Gasteiger partial charge in [-0.3, -0.25) is 9.48 Å². The Bertz CT molecular complexity index is 556. The minimum absolute atomic E-state index is 0.0113. The van der Waals surface area contributed by atoms with Gasteiger partial charge in [-0.25, -0.2) is 8.42 Å². The molecule has 20 heavy (non-hydrogen) atoms. The van der Waals surface area contributed by atoms with Gasteiger partial charge < -0.3 is 5.11 Å².